The lowest BCUT2D eigenvalue weighted by molar-refractivity contribution is -0.142. The molecule has 2 N–H and O–H groups in total. The van der Waals surface area contributed by atoms with E-state index in [0.29, 0.717) is 0 Å². The Bertz CT molecular complexity index is 787. The highest BCUT2D eigenvalue weighted by Gasteiger charge is 2.29. The van der Waals surface area contributed by atoms with Gasteiger partial charge in [0.2, 0.25) is 0 Å². The maximum Gasteiger partial charge on any atom is 0.313 e. The number of hydrogen-bond donors (Lipinski definition) is 2. The van der Waals surface area contributed by atoms with E-state index < -0.39 is 11.4 Å². The molecule has 3 aromatic rings. The summed E-state index contributed by atoms with van der Waals surface area (Å²) >= 11 is 0. The maximum absolute atomic E-state index is 11.3. The molecule has 0 spiro atoms. The van der Waals surface area contributed by atoms with Gasteiger partial charge in [-0.25, -0.2) is 0 Å². The lowest BCUT2D eigenvalue weighted by atomic mass is 9.84. The van der Waals surface area contributed by atoms with Gasteiger partial charge in [0, 0.05) is 34.2 Å². The quantitative estimate of drug-likeness (QED) is 0.738. The molecule has 0 amide bonds. The van der Waals surface area contributed by atoms with Crippen molar-refractivity contribution in [2.24, 2.45) is 0 Å². The Kier molecular flexibility index (Phi) is 2.35. The third-order valence-electron chi connectivity index (χ3n) is 3.66. The first-order valence-corrected chi connectivity index (χ1v) is 6.09. The smallest absolute Gasteiger partial charge is 0.313 e. The summed E-state index contributed by atoms with van der Waals surface area (Å²) in [6.45, 7) is 3.42. The van der Waals surface area contributed by atoms with Crippen LogP contribution in [0.2, 0.25) is 0 Å². The van der Waals surface area contributed by atoms with Crippen LogP contribution in [0.1, 0.15) is 19.4 Å². The Balaban J connectivity index is 2.27. The summed E-state index contributed by atoms with van der Waals surface area (Å²) in [7, 11) is 0. The van der Waals surface area contributed by atoms with Crippen molar-refractivity contribution in [3.05, 3.63) is 42.2 Å². The second-order valence-electron chi connectivity index (χ2n) is 5.24. The number of carboxylic acids is 1. The van der Waals surface area contributed by atoms with E-state index >= 15 is 0 Å². The van der Waals surface area contributed by atoms with Crippen LogP contribution in [0.3, 0.4) is 0 Å². The van der Waals surface area contributed by atoms with E-state index in [-0.39, 0.29) is 0 Å². The summed E-state index contributed by atoms with van der Waals surface area (Å²) in [6.07, 6.45) is 3.55. The molecule has 0 atom stereocenters. The Labute approximate surface area is 110 Å². The van der Waals surface area contributed by atoms with Crippen molar-refractivity contribution >= 4 is 27.8 Å². The lowest BCUT2D eigenvalue weighted by Gasteiger charge is -2.19. The standard InChI is InChI=1S/C15H14N2O2/c1-15(2,14(18)19)9-3-4-10-11-8-16-6-5-12(11)17-13(10)7-9/h3-8,17H,1-2H3,(H,18,19). The van der Waals surface area contributed by atoms with E-state index in [0.717, 1.165) is 27.4 Å². The Morgan fingerprint density at radius 1 is 1.21 bits per heavy atom. The first-order valence-electron chi connectivity index (χ1n) is 6.09. The molecule has 0 bridgehead atoms. The van der Waals surface area contributed by atoms with Crippen LogP contribution in [0.5, 0.6) is 0 Å². The molecule has 2 aromatic heterocycles. The summed E-state index contributed by atoms with van der Waals surface area (Å²) in [5.41, 5.74) is 1.83. The predicted octanol–water partition coefficient (Wildman–Crippen LogP) is 3.08. The molecule has 0 aliphatic heterocycles. The highest BCUT2D eigenvalue weighted by atomic mass is 16.4. The van der Waals surface area contributed by atoms with E-state index in [1.807, 2.05) is 30.5 Å². The molecule has 0 aliphatic rings. The fraction of sp³-hybridized carbons (Fsp3) is 0.200. The molecule has 4 nitrogen and oxygen atoms in total. The molecule has 96 valence electrons. The Morgan fingerprint density at radius 3 is 2.74 bits per heavy atom. The van der Waals surface area contributed by atoms with Gasteiger partial charge < -0.3 is 10.1 Å². The first-order chi connectivity index (χ1) is 9.00. The van der Waals surface area contributed by atoms with Gasteiger partial charge in [0.25, 0.3) is 0 Å². The fourth-order valence-corrected chi connectivity index (χ4v) is 2.26. The van der Waals surface area contributed by atoms with Crippen LogP contribution in [0.15, 0.2) is 36.7 Å². The highest BCUT2D eigenvalue weighted by molar-refractivity contribution is 6.07. The van der Waals surface area contributed by atoms with Crippen molar-refractivity contribution in [1.82, 2.24) is 9.97 Å². The molecule has 19 heavy (non-hydrogen) atoms. The molecule has 0 saturated heterocycles. The van der Waals surface area contributed by atoms with Crippen molar-refractivity contribution in [3.63, 3.8) is 0 Å². The molecule has 0 fully saturated rings. The normalized spacial score (nSPS) is 12.1. The molecular formula is C15H14N2O2. The molecule has 2 heterocycles. The number of aliphatic carboxylic acids is 1. The summed E-state index contributed by atoms with van der Waals surface area (Å²) < 4.78 is 0. The number of aromatic nitrogens is 2. The third-order valence-corrected chi connectivity index (χ3v) is 3.66. The van der Waals surface area contributed by atoms with Crippen molar-refractivity contribution in [3.8, 4) is 0 Å². The summed E-state index contributed by atoms with van der Waals surface area (Å²) in [5.74, 6) is -0.829. The van der Waals surface area contributed by atoms with Crippen molar-refractivity contribution in [2.45, 2.75) is 19.3 Å². The number of benzene rings is 1. The lowest BCUT2D eigenvalue weighted by Crippen LogP contribution is -2.28. The van der Waals surface area contributed by atoms with Crippen molar-refractivity contribution in [2.75, 3.05) is 0 Å². The average Bonchev–Trinajstić information content (AvgIpc) is 2.75. The van der Waals surface area contributed by atoms with E-state index in [2.05, 4.69) is 9.97 Å². The van der Waals surface area contributed by atoms with Crippen LogP contribution in [0.25, 0.3) is 21.8 Å². The number of rotatable bonds is 2. The van der Waals surface area contributed by atoms with Crippen LogP contribution in [0.4, 0.5) is 0 Å². The SMILES string of the molecule is CC(C)(C(=O)O)c1ccc2c(c1)[nH]c1ccncc12. The number of nitrogens with one attached hydrogen (secondary N) is 1. The molecular weight excluding hydrogens is 240 g/mol. The zero-order valence-electron chi connectivity index (χ0n) is 10.8. The first kappa shape index (κ1) is 11.7. The van der Waals surface area contributed by atoms with E-state index in [9.17, 15) is 9.90 Å². The molecule has 0 radical (unpaired) electrons. The Morgan fingerprint density at radius 2 is 2.00 bits per heavy atom. The van der Waals surface area contributed by atoms with Crippen LogP contribution in [-0.4, -0.2) is 21.0 Å². The number of fused-ring (bicyclic) bond motifs is 3. The van der Waals surface area contributed by atoms with Gasteiger partial charge in [-0.2, -0.15) is 0 Å². The Hall–Kier alpha value is -2.36. The minimum atomic E-state index is -0.899. The average molecular weight is 254 g/mol. The van der Waals surface area contributed by atoms with Crippen molar-refractivity contribution in [1.29, 1.82) is 0 Å². The predicted molar refractivity (Wildman–Crippen MR) is 74.3 cm³/mol. The fourth-order valence-electron chi connectivity index (χ4n) is 2.26. The summed E-state index contributed by atoms with van der Waals surface area (Å²) in [6, 6.07) is 7.65. The van der Waals surface area contributed by atoms with Gasteiger partial charge in [-0.1, -0.05) is 12.1 Å². The van der Waals surface area contributed by atoms with Gasteiger partial charge in [0.15, 0.2) is 0 Å². The zero-order valence-corrected chi connectivity index (χ0v) is 10.8. The van der Waals surface area contributed by atoms with Crippen LogP contribution in [0, 0.1) is 0 Å². The maximum atomic E-state index is 11.3. The summed E-state index contributed by atoms with van der Waals surface area (Å²) in [4.78, 5) is 18.7. The molecule has 0 saturated carbocycles. The topological polar surface area (TPSA) is 66.0 Å². The molecule has 0 aliphatic carbocycles. The largest absolute Gasteiger partial charge is 0.481 e. The van der Waals surface area contributed by atoms with E-state index in [1.165, 1.54) is 0 Å². The summed E-state index contributed by atoms with van der Waals surface area (Å²) in [5, 5.41) is 11.4. The number of pyridine rings is 1. The van der Waals surface area contributed by atoms with Gasteiger partial charge in [-0.3, -0.25) is 9.78 Å². The number of carboxylic acid groups (broad SMARTS) is 1. The van der Waals surface area contributed by atoms with E-state index in [1.54, 1.807) is 20.0 Å². The second-order valence-corrected chi connectivity index (χ2v) is 5.24. The zero-order chi connectivity index (χ0) is 13.6. The number of hydrogen-bond acceptors (Lipinski definition) is 2. The number of H-pyrrole nitrogens is 1. The molecule has 3 rings (SSSR count). The molecule has 0 unspecified atom stereocenters. The highest BCUT2D eigenvalue weighted by Crippen LogP contribution is 2.30. The van der Waals surface area contributed by atoms with Crippen LogP contribution in [-0.2, 0) is 10.2 Å². The molecule has 4 heteroatoms. The van der Waals surface area contributed by atoms with E-state index in [4.69, 9.17) is 0 Å². The number of carbonyl (C=O) groups is 1. The van der Waals surface area contributed by atoms with Crippen molar-refractivity contribution < 1.29 is 9.90 Å². The number of nitrogens with zero attached hydrogens (tertiary/aromatic N) is 1. The minimum Gasteiger partial charge on any atom is -0.481 e. The monoisotopic (exact) mass is 254 g/mol. The second kappa shape index (κ2) is 3.82. The van der Waals surface area contributed by atoms with Gasteiger partial charge in [0.05, 0.1) is 5.41 Å². The van der Waals surface area contributed by atoms with Crippen LogP contribution >= 0.6 is 0 Å². The van der Waals surface area contributed by atoms with Gasteiger partial charge in [-0.15, -0.1) is 0 Å². The van der Waals surface area contributed by atoms with Crippen LogP contribution < -0.4 is 0 Å². The minimum absolute atomic E-state index is 0.784. The van der Waals surface area contributed by atoms with Gasteiger partial charge >= 0.3 is 5.97 Å². The third kappa shape index (κ3) is 1.68. The number of aromatic amines is 1. The van der Waals surface area contributed by atoms with Gasteiger partial charge in [-0.05, 0) is 31.5 Å². The molecule has 1 aromatic carbocycles. The van der Waals surface area contributed by atoms with Gasteiger partial charge in [0.1, 0.15) is 0 Å².